The highest BCUT2D eigenvalue weighted by Gasteiger charge is 2.20. The Morgan fingerprint density at radius 3 is 2.41 bits per heavy atom. The summed E-state index contributed by atoms with van der Waals surface area (Å²) in [5.41, 5.74) is 0.913. The summed E-state index contributed by atoms with van der Waals surface area (Å²) < 4.78 is 0. The molecule has 1 aliphatic heterocycles. The van der Waals surface area contributed by atoms with Crippen molar-refractivity contribution in [3.8, 4) is 0 Å². The number of anilines is 1. The summed E-state index contributed by atoms with van der Waals surface area (Å²) in [7, 11) is 0. The topological polar surface area (TPSA) is 39.6 Å². The van der Waals surface area contributed by atoms with Crippen molar-refractivity contribution in [3.05, 3.63) is 59.2 Å². The van der Waals surface area contributed by atoms with Crippen LogP contribution in [0, 0.1) is 0 Å². The lowest BCUT2D eigenvalue weighted by atomic mass is 10.1. The lowest BCUT2D eigenvalue weighted by Gasteiger charge is -2.36. The maximum atomic E-state index is 10.3. The van der Waals surface area contributed by atoms with Crippen molar-refractivity contribution in [1.82, 2.24) is 9.88 Å². The lowest BCUT2D eigenvalue weighted by Crippen LogP contribution is -2.47. The highest BCUT2D eigenvalue weighted by atomic mass is 35.5. The van der Waals surface area contributed by atoms with E-state index in [0.717, 1.165) is 37.6 Å². The first kappa shape index (κ1) is 15.3. The zero-order chi connectivity index (χ0) is 15.4. The van der Waals surface area contributed by atoms with Crippen LogP contribution in [0.3, 0.4) is 0 Å². The maximum absolute atomic E-state index is 10.3. The van der Waals surface area contributed by atoms with E-state index < -0.39 is 6.10 Å². The quantitative estimate of drug-likeness (QED) is 0.941. The maximum Gasteiger partial charge on any atom is 0.128 e. The van der Waals surface area contributed by atoms with Crippen molar-refractivity contribution < 1.29 is 5.11 Å². The van der Waals surface area contributed by atoms with Crippen molar-refractivity contribution >= 4 is 17.4 Å². The summed E-state index contributed by atoms with van der Waals surface area (Å²) in [4.78, 5) is 8.96. The number of piperazine rings is 1. The van der Waals surface area contributed by atoms with E-state index in [0.29, 0.717) is 11.6 Å². The highest BCUT2D eigenvalue weighted by molar-refractivity contribution is 6.30. The fraction of sp³-hybridized carbons (Fsp3) is 0.353. The van der Waals surface area contributed by atoms with Gasteiger partial charge in [-0.1, -0.05) is 29.8 Å². The molecule has 2 aromatic rings. The largest absolute Gasteiger partial charge is 0.387 e. The predicted molar refractivity (Wildman–Crippen MR) is 89.3 cm³/mol. The molecule has 0 radical (unpaired) electrons. The summed E-state index contributed by atoms with van der Waals surface area (Å²) in [6, 6.07) is 13.4. The van der Waals surface area contributed by atoms with Gasteiger partial charge in [0.05, 0.1) is 6.10 Å². The van der Waals surface area contributed by atoms with Gasteiger partial charge in [-0.15, -0.1) is 0 Å². The summed E-state index contributed by atoms with van der Waals surface area (Å²) in [5, 5.41) is 11.0. The van der Waals surface area contributed by atoms with Crippen molar-refractivity contribution in [2.24, 2.45) is 0 Å². The summed E-state index contributed by atoms with van der Waals surface area (Å²) in [6.45, 7) is 4.38. The number of hydrogen-bond acceptors (Lipinski definition) is 4. The van der Waals surface area contributed by atoms with Crippen LogP contribution in [0.4, 0.5) is 5.82 Å². The normalized spacial score (nSPS) is 17.5. The van der Waals surface area contributed by atoms with Crippen LogP contribution < -0.4 is 4.90 Å². The molecule has 116 valence electrons. The van der Waals surface area contributed by atoms with Crippen LogP contribution in [0.25, 0.3) is 0 Å². The number of aliphatic hydroxyl groups is 1. The summed E-state index contributed by atoms with van der Waals surface area (Å²) in [6.07, 6.45) is 1.35. The minimum atomic E-state index is -0.473. The van der Waals surface area contributed by atoms with Crippen molar-refractivity contribution in [3.63, 3.8) is 0 Å². The minimum Gasteiger partial charge on any atom is -0.387 e. The van der Waals surface area contributed by atoms with Gasteiger partial charge in [-0.25, -0.2) is 4.98 Å². The molecule has 1 aromatic carbocycles. The van der Waals surface area contributed by atoms with Gasteiger partial charge in [0.2, 0.25) is 0 Å². The third-order valence-corrected chi connectivity index (χ3v) is 4.28. The number of benzene rings is 1. The van der Waals surface area contributed by atoms with Crippen LogP contribution in [0.15, 0.2) is 48.7 Å². The Balaban J connectivity index is 1.52. The third-order valence-electron chi connectivity index (χ3n) is 4.03. The molecule has 0 bridgehead atoms. The number of rotatable bonds is 4. The molecule has 1 aromatic heterocycles. The number of hydrogen-bond donors (Lipinski definition) is 1. The summed E-state index contributed by atoms with van der Waals surface area (Å²) in [5.74, 6) is 1.03. The van der Waals surface area contributed by atoms with Crippen LogP contribution in [-0.4, -0.2) is 47.7 Å². The first-order valence-corrected chi connectivity index (χ1v) is 7.92. The number of aromatic nitrogens is 1. The van der Waals surface area contributed by atoms with Gasteiger partial charge in [-0.2, -0.15) is 0 Å². The summed E-state index contributed by atoms with van der Waals surface area (Å²) >= 11 is 5.88. The lowest BCUT2D eigenvalue weighted by molar-refractivity contribution is 0.109. The van der Waals surface area contributed by atoms with E-state index in [2.05, 4.69) is 14.8 Å². The van der Waals surface area contributed by atoms with Crippen LogP contribution in [0.1, 0.15) is 11.7 Å². The van der Waals surface area contributed by atoms with Gasteiger partial charge in [0.1, 0.15) is 5.82 Å². The average molecular weight is 318 g/mol. The fourth-order valence-electron chi connectivity index (χ4n) is 2.74. The smallest absolute Gasteiger partial charge is 0.128 e. The van der Waals surface area contributed by atoms with E-state index in [1.165, 1.54) is 0 Å². The van der Waals surface area contributed by atoms with E-state index in [9.17, 15) is 5.11 Å². The molecule has 0 amide bonds. The Bertz CT molecular complexity index is 583. The van der Waals surface area contributed by atoms with E-state index in [1.54, 1.807) is 0 Å². The first-order chi connectivity index (χ1) is 10.7. The van der Waals surface area contributed by atoms with Crippen molar-refractivity contribution in [2.45, 2.75) is 6.10 Å². The van der Waals surface area contributed by atoms with E-state index in [1.807, 2.05) is 48.7 Å². The number of pyridine rings is 1. The molecule has 0 saturated carbocycles. The molecule has 1 saturated heterocycles. The number of halogens is 1. The second-order valence-electron chi connectivity index (χ2n) is 5.54. The van der Waals surface area contributed by atoms with Crippen molar-refractivity contribution in [2.75, 3.05) is 37.6 Å². The second kappa shape index (κ2) is 7.09. The van der Waals surface area contributed by atoms with Gasteiger partial charge >= 0.3 is 0 Å². The molecule has 1 unspecified atom stereocenters. The molecule has 0 aliphatic carbocycles. The number of nitrogens with zero attached hydrogens (tertiary/aromatic N) is 3. The zero-order valence-electron chi connectivity index (χ0n) is 12.4. The van der Waals surface area contributed by atoms with Gasteiger partial charge < -0.3 is 10.0 Å². The zero-order valence-corrected chi connectivity index (χ0v) is 13.2. The fourth-order valence-corrected chi connectivity index (χ4v) is 2.86. The second-order valence-corrected chi connectivity index (χ2v) is 5.98. The molecular formula is C17H20ClN3O. The van der Waals surface area contributed by atoms with Crippen LogP contribution >= 0.6 is 11.6 Å². The molecule has 1 aliphatic rings. The Morgan fingerprint density at radius 2 is 1.77 bits per heavy atom. The van der Waals surface area contributed by atoms with E-state index in [4.69, 9.17) is 11.6 Å². The van der Waals surface area contributed by atoms with E-state index in [-0.39, 0.29) is 0 Å². The van der Waals surface area contributed by atoms with Gasteiger partial charge in [0, 0.05) is 43.9 Å². The molecule has 1 atom stereocenters. The molecule has 1 N–H and O–H groups in total. The van der Waals surface area contributed by atoms with Gasteiger partial charge in [0.25, 0.3) is 0 Å². The first-order valence-electron chi connectivity index (χ1n) is 7.54. The molecule has 3 rings (SSSR count). The average Bonchev–Trinajstić information content (AvgIpc) is 2.57. The van der Waals surface area contributed by atoms with Crippen LogP contribution in [0.2, 0.25) is 5.02 Å². The van der Waals surface area contributed by atoms with Crippen LogP contribution in [-0.2, 0) is 0 Å². The SMILES string of the molecule is OC(CN1CCN(c2ccccn2)CC1)c1ccc(Cl)cc1. The van der Waals surface area contributed by atoms with Crippen molar-refractivity contribution in [1.29, 1.82) is 0 Å². The molecule has 2 heterocycles. The molecule has 5 heteroatoms. The van der Waals surface area contributed by atoms with Crippen LogP contribution in [0.5, 0.6) is 0 Å². The molecule has 0 spiro atoms. The Hall–Kier alpha value is -1.62. The van der Waals surface area contributed by atoms with Gasteiger partial charge in [-0.3, -0.25) is 4.90 Å². The predicted octanol–water partition coefficient (Wildman–Crippen LogP) is 2.59. The molecule has 1 fully saturated rings. The van der Waals surface area contributed by atoms with Gasteiger partial charge in [-0.05, 0) is 29.8 Å². The molecule has 4 nitrogen and oxygen atoms in total. The minimum absolute atomic E-state index is 0.473. The Morgan fingerprint density at radius 1 is 1.05 bits per heavy atom. The van der Waals surface area contributed by atoms with E-state index >= 15 is 0 Å². The Kier molecular flexibility index (Phi) is 4.93. The monoisotopic (exact) mass is 317 g/mol. The highest BCUT2D eigenvalue weighted by Crippen LogP contribution is 2.19. The molecule has 22 heavy (non-hydrogen) atoms. The van der Waals surface area contributed by atoms with Gasteiger partial charge in [0.15, 0.2) is 0 Å². The number of β-amino-alcohol motifs (C(OH)–C–C–N with tert-alkyl or cyclic N) is 1. The molecular weight excluding hydrogens is 298 g/mol. The standard InChI is InChI=1S/C17H20ClN3O/c18-15-6-4-14(5-7-15)16(22)13-20-9-11-21(12-10-20)17-3-1-2-8-19-17/h1-8,16,22H,9-13H2. The Labute approximate surface area is 136 Å². The third kappa shape index (κ3) is 3.77. The number of aliphatic hydroxyl groups excluding tert-OH is 1.